The van der Waals surface area contributed by atoms with E-state index in [-0.39, 0.29) is 5.41 Å². The van der Waals surface area contributed by atoms with Crippen molar-refractivity contribution in [1.29, 1.82) is 0 Å². The van der Waals surface area contributed by atoms with Crippen molar-refractivity contribution in [2.45, 2.75) is 58.7 Å². The fraction of sp³-hybridized carbons (Fsp3) is 0.529. The fourth-order valence-electron chi connectivity index (χ4n) is 2.79. The van der Waals surface area contributed by atoms with E-state index in [0.29, 0.717) is 6.04 Å². The number of hydrogen-bond donors (Lipinski definition) is 1. The summed E-state index contributed by atoms with van der Waals surface area (Å²) >= 11 is 0. The van der Waals surface area contributed by atoms with Crippen molar-refractivity contribution in [2.75, 3.05) is 0 Å². The van der Waals surface area contributed by atoms with Crippen molar-refractivity contribution in [3.05, 3.63) is 48.0 Å². The van der Waals surface area contributed by atoms with Crippen molar-refractivity contribution < 1.29 is 0 Å². The minimum Gasteiger partial charge on any atom is -0.317 e. The predicted molar refractivity (Wildman–Crippen MR) is 86.1 cm³/mol. The molecule has 2 rings (SSSR count). The molecule has 1 aromatic heterocycles. The van der Waals surface area contributed by atoms with Crippen LogP contribution < -0.4 is 5.32 Å². The number of aromatic nitrogens is 3. The van der Waals surface area contributed by atoms with Crippen LogP contribution in [0.15, 0.2) is 36.7 Å². The van der Waals surface area contributed by atoms with E-state index in [9.17, 15) is 0 Å². The molecule has 1 aromatic carbocycles. The smallest absolute Gasteiger partial charge is 0.146 e. The Labute approximate surface area is 127 Å². The summed E-state index contributed by atoms with van der Waals surface area (Å²) in [6, 6.07) is 11.1. The lowest BCUT2D eigenvalue weighted by molar-refractivity contribution is 0.383. The van der Waals surface area contributed by atoms with E-state index in [1.54, 1.807) is 6.33 Å². The topological polar surface area (TPSA) is 42.7 Å². The molecule has 1 N–H and O–H groups in total. The average Bonchev–Trinajstić information content (AvgIpc) is 2.93. The van der Waals surface area contributed by atoms with Gasteiger partial charge in [0.25, 0.3) is 0 Å². The Balaban J connectivity index is 1.91. The normalized spacial score (nSPS) is 13.3. The highest BCUT2D eigenvalue weighted by atomic mass is 15.3. The predicted octanol–water partition coefficient (Wildman–Crippen LogP) is 3.14. The van der Waals surface area contributed by atoms with Gasteiger partial charge in [-0.2, -0.15) is 0 Å². The molecule has 1 heterocycles. The Morgan fingerprint density at radius 2 is 1.95 bits per heavy atom. The standard InChI is InChI=1S/C17H26N4/c1-5-21-13-19-20-16(21)12-18-14(2)11-17(3,4)15-9-7-6-8-10-15/h6-10,13-14,18H,5,11-12H2,1-4H3. The summed E-state index contributed by atoms with van der Waals surface area (Å²) in [5.41, 5.74) is 1.54. The van der Waals surface area contributed by atoms with Crippen molar-refractivity contribution >= 4 is 0 Å². The second-order valence-corrected chi connectivity index (χ2v) is 6.27. The van der Waals surface area contributed by atoms with E-state index >= 15 is 0 Å². The zero-order valence-corrected chi connectivity index (χ0v) is 13.5. The molecule has 1 atom stereocenters. The summed E-state index contributed by atoms with van der Waals surface area (Å²) in [6.07, 6.45) is 2.87. The molecule has 114 valence electrons. The molecule has 0 aliphatic carbocycles. The highest BCUT2D eigenvalue weighted by molar-refractivity contribution is 5.23. The molecule has 0 aliphatic rings. The molecule has 0 bridgehead atoms. The minimum atomic E-state index is 0.159. The molecule has 0 fully saturated rings. The van der Waals surface area contributed by atoms with Gasteiger partial charge in [-0.3, -0.25) is 0 Å². The summed E-state index contributed by atoms with van der Waals surface area (Å²) in [4.78, 5) is 0. The van der Waals surface area contributed by atoms with Crippen molar-refractivity contribution in [3.63, 3.8) is 0 Å². The lowest BCUT2D eigenvalue weighted by Crippen LogP contribution is -2.33. The molecule has 1 unspecified atom stereocenters. The molecular weight excluding hydrogens is 260 g/mol. The first-order valence-corrected chi connectivity index (χ1v) is 7.68. The maximum atomic E-state index is 4.16. The molecule has 4 nitrogen and oxygen atoms in total. The molecule has 0 saturated heterocycles. The quantitative estimate of drug-likeness (QED) is 0.850. The SMILES string of the molecule is CCn1cnnc1CNC(C)CC(C)(C)c1ccccc1. The summed E-state index contributed by atoms with van der Waals surface area (Å²) in [7, 11) is 0. The highest BCUT2D eigenvalue weighted by Crippen LogP contribution is 2.28. The summed E-state index contributed by atoms with van der Waals surface area (Å²) in [5.74, 6) is 1.00. The number of benzene rings is 1. The van der Waals surface area contributed by atoms with Crippen molar-refractivity contribution in [2.24, 2.45) is 0 Å². The average molecular weight is 286 g/mol. The van der Waals surface area contributed by atoms with Gasteiger partial charge < -0.3 is 9.88 Å². The third kappa shape index (κ3) is 4.14. The Kier molecular flexibility index (Phi) is 5.12. The number of hydrogen-bond acceptors (Lipinski definition) is 3. The van der Waals surface area contributed by atoms with Crippen LogP contribution in [-0.2, 0) is 18.5 Å². The van der Waals surface area contributed by atoms with E-state index < -0.39 is 0 Å². The van der Waals surface area contributed by atoms with Crippen LogP contribution in [-0.4, -0.2) is 20.8 Å². The maximum absolute atomic E-state index is 4.16. The lowest BCUT2D eigenvalue weighted by atomic mass is 9.79. The first kappa shape index (κ1) is 15.7. The van der Waals surface area contributed by atoms with E-state index in [2.05, 4.69) is 78.1 Å². The van der Waals surface area contributed by atoms with Gasteiger partial charge in [0, 0.05) is 12.6 Å². The highest BCUT2D eigenvalue weighted by Gasteiger charge is 2.23. The van der Waals surface area contributed by atoms with Crippen LogP contribution in [0.25, 0.3) is 0 Å². The number of rotatable bonds is 7. The van der Waals surface area contributed by atoms with Crippen molar-refractivity contribution in [1.82, 2.24) is 20.1 Å². The largest absolute Gasteiger partial charge is 0.317 e. The van der Waals surface area contributed by atoms with Gasteiger partial charge in [-0.15, -0.1) is 10.2 Å². The van der Waals surface area contributed by atoms with Crippen LogP contribution in [0.1, 0.15) is 45.5 Å². The molecule has 0 amide bonds. The third-order valence-electron chi connectivity index (χ3n) is 4.02. The molecule has 4 heteroatoms. The van der Waals surface area contributed by atoms with Gasteiger partial charge in [0.2, 0.25) is 0 Å². The van der Waals surface area contributed by atoms with Gasteiger partial charge in [0.15, 0.2) is 0 Å². The Hall–Kier alpha value is -1.68. The van der Waals surface area contributed by atoms with Gasteiger partial charge in [-0.25, -0.2) is 0 Å². The molecular formula is C17H26N4. The summed E-state index contributed by atoms with van der Waals surface area (Å²) in [6.45, 7) is 10.6. The molecule has 0 radical (unpaired) electrons. The monoisotopic (exact) mass is 286 g/mol. The van der Waals surface area contributed by atoms with Crippen LogP contribution >= 0.6 is 0 Å². The fourth-order valence-corrected chi connectivity index (χ4v) is 2.79. The Morgan fingerprint density at radius 3 is 2.62 bits per heavy atom. The van der Waals surface area contributed by atoms with Crippen LogP contribution in [0.3, 0.4) is 0 Å². The van der Waals surface area contributed by atoms with Gasteiger partial charge in [0.1, 0.15) is 12.2 Å². The van der Waals surface area contributed by atoms with Gasteiger partial charge in [0.05, 0.1) is 6.54 Å². The van der Waals surface area contributed by atoms with Gasteiger partial charge in [-0.1, -0.05) is 44.2 Å². The number of nitrogens with one attached hydrogen (secondary N) is 1. The first-order valence-electron chi connectivity index (χ1n) is 7.68. The summed E-state index contributed by atoms with van der Waals surface area (Å²) < 4.78 is 2.07. The van der Waals surface area contributed by atoms with Gasteiger partial charge in [-0.05, 0) is 31.2 Å². The number of aryl methyl sites for hydroxylation is 1. The van der Waals surface area contributed by atoms with E-state index in [0.717, 1.165) is 25.3 Å². The van der Waals surface area contributed by atoms with E-state index in [4.69, 9.17) is 0 Å². The molecule has 0 saturated carbocycles. The zero-order valence-electron chi connectivity index (χ0n) is 13.5. The van der Waals surface area contributed by atoms with Gasteiger partial charge >= 0.3 is 0 Å². The number of nitrogens with zero attached hydrogens (tertiary/aromatic N) is 3. The second-order valence-electron chi connectivity index (χ2n) is 6.27. The van der Waals surface area contributed by atoms with Crippen LogP contribution in [0.2, 0.25) is 0 Å². The van der Waals surface area contributed by atoms with Crippen LogP contribution in [0.4, 0.5) is 0 Å². The van der Waals surface area contributed by atoms with Crippen LogP contribution in [0, 0.1) is 0 Å². The molecule has 21 heavy (non-hydrogen) atoms. The van der Waals surface area contributed by atoms with E-state index in [1.807, 2.05) is 0 Å². The first-order chi connectivity index (χ1) is 10.0. The Morgan fingerprint density at radius 1 is 1.24 bits per heavy atom. The maximum Gasteiger partial charge on any atom is 0.146 e. The molecule has 2 aromatic rings. The summed E-state index contributed by atoms with van der Waals surface area (Å²) in [5, 5.41) is 11.7. The molecule has 0 spiro atoms. The van der Waals surface area contributed by atoms with Crippen LogP contribution in [0.5, 0.6) is 0 Å². The lowest BCUT2D eigenvalue weighted by Gasteiger charge is -2.29. The second kappa shape index (κ2) is 6.85. The Bertz CT molecular complexity index is 545. The minimum absolute atomic E-state index is 0.159. The molecule has 0 aliphatic heterocycles. The van der Waals surface area contributed by atoms with Crippen molar-refractivity contribution in [3.8, 4) is 0 Å². The van der Waals surface area contributed by atoms with E-state index in [1.165, 1.54) is 5.56 Å². The zero-order chi connectivity index (χ0) is 15.3. The third-order valence-corrected chi connectivity index (χ3v) is 4.02.